The zero-order chi connectivity index (χ0) is 13.7. The Bertz CT molecular complexity index is 405. The summed E-state index contributed by atoms with van der Waals surface area (Å²) < 4.78 is 0. The summed E-state index contributed by atoms with van der Waals surface area (Å²) in [6, 6.07) is 0. The van der Waals surface area contributed by atoms with E-state index >= 15 is 0 Å². The van der Waals surface area contributed by atoms with E-state index in [0.29, 0.717) is 5.82 Å². The SMILES string of the molecule is CCc1c(NN)ncnc1N1CCN(CCO)CC1. The van der Waals surface area contributed by atoms with E-state index in [0.717, 1.165) is 50.5 Å². The minimum Gasteiger partial charge on any atom is -0.395 e. The van der Waals surface area contributed by atoms with Gasteiger partial charge < -0.3 is 15.4 Å². The van der Waals surface area contributed by atoms with Gasteiger partial charge in [-0.1, -0.05) is 6.92 Å². The van der Waals surface area contributed by atoms with Crippen LogP contribution in [0.5, 0.6) is 0 Å². The number of aliphatic hydroxyl groups is 1. The molecule has 1 aliphatic rings. The molecule has 0 atom stereocenters. The normalized spacial score (nSPS) is 16.7. The Morgan fingerprint density at radius 3 is 2.63 bits per heavy atom. The highest BCUT2D eigenvalue weighted by Gasteiger charge is 2.21. The number of hydrogen-bond donors (Lipinski definition) is 3. The molecule has 7 nitrogen and oxygen atoms in total. The molecule has 19 heavy (non-hydrogen) atoms. The van der Waals surface area contributed by atoms with Gasteiger partial charge in [-0.3, -0.25) is 4.90 Å². The molecular formula is C12H22N6O. The third-order valence-electron chi connectivity index (χ3n) is 3.50. The molecule has 0 aromatic carbocycles. The standard InChI is InChI=1S/C12H22N6O/c1-2-10-11(16-13)14-9-15-12(10)18-5-3-17(4-6-18)7-8-19/h9,19H,2-8,13H2,1H3,(H,14,15,16). The number of nitrogen functional groups attached to an aromatic ring is 1. The molecule has 0 unspecified atom stereocenters. The number of aliphatic hydroxyl groups excluding tert-OH is 1. The van der Waals surface area contributed by atoms with Crippen molar-refractivity contribution in [1.82, 2.24) is 14.9 Å². The maximum absolute atomic E-state index is 8.95. The fraction of sp³-hybridized carbons (Fsp3) is 0.667. The van der Waals surface area contributed by atoms with Gasteiger partial charge in [0.15, 0.2) is 0 Å². The first-order valence-corrected chi connectivity index (χ1v) is 6.68. The lowest BCUT2D eigenvalue weighted by Crippen LogP contribution is -2.47. The van der Waals surface area contributed by atoms with Gasteiger partial charge in [-0.2, -0.15) is 0 Å². The van der Waals surface area contributed by atoms with Crippen LogP contribution in [0.2, 0.25) is 0 Å². The van der Waals surface area contributed by atoms with Gasteiger partial charge in [0, 0.05) is 38.3 Å². The highest BCUT2D eigenvalue weighted by Crippen LogP contribution is 2.24. The number of anilines is 2. The van der Waals surface area contributed by atoms with E-state index in [2.05, 4.69) is 32.1 Å². The van der Waals surface area contributed by atoms with Crippen LogP contribution in [0, 0.1) is 0 Å². The van der Waals surface area contributed by atoms with Gasteiger partial charge in [-0.25, -0.2) is 15.8 Å². The third-order valence-corrected chi connectivity index (χ3v) is 3.50. The van der Waals surface area contributed by atoms with Crippen LogP contribution >= 0.6 is 0 Å². The van der Waals surface area contributed by atoms with Crippen molar-refractivity contribution < 1.29 is 5.11 Å². The van der Waals surface area contributed by atoms with Crippen LogP contribution < -0.4 is 16.2 Å². The molecule has 0 amide bonds. The van der Waals surface area contributed by atoms with E-state index in [1.165, 1.54) is 0 Å². The van der Waals surface area contributed by atoms with Crippen molar-refractivity contribution in [3.8, 4) is 0 Å². The monoisotopic (exact) mass is 266 g/mol. The van der Waals surface area contributed by atoms with Crippen LogP contribution in [0.3, 0.4) is 0 Å². The first-order chi connectivity index (χ1) is 9.30. The number of aromatic nitrogens is 2. The number of nitrogens with zero attached hydrogens (tertiary/aromatic N) is 4. The van der Waals surface area contributed by atoms with Gasteiger partial charge in [0.1, 0.15) is 18.0 Å². The van der Waals surface area contributed by atoms with E-state index < -0.39 is 0 Å². The quantitative estimate of drug-likeness (QED) is 0.486. The summed E-state index contributed by atoms with van der Waals surface area (Å²) in [6.45, 7) is 6.74. The average Bonchev–Trinajstić information content (AvgIpc) is 2.47. The number of β-amino-alcohol motifs (C(OH)–C–C–N with tert-alkyl or cyclic N) is 1. The Balaban J connectivity index is 2.11. The van der Waals surface area contributed by atoms with Crippen molar-refractivity contribution in [3.05, 3.63) is 11.9 Å². The number of hydrazine groups is 1. The molecule has 0 bridgehead atoms. The molecule has 7 heteroatoms. The Labute approximate surface area is 113 Å². The lowest BCUT2D eigenvalue weighted by Gasteiger charge is -2.36. The van der Waals surface area contributed by atoms with Crippen molar-refractivity contribution >= 4 is 11.6 Å². The smallest absolute Gasteiger partial charge is 0.148 e. The predicted octanol–water partition coefficient (Wildman–Crippen LogP) is -0.561. The zero-order valence-corrected chi connectivity index (χ0v) is 11.3. The number of piperazine rings is 1. The molecule has 0 radical (unpaired) electrons. The maximum Gasteiger partial charge on any atom is 0.148 e. The molecule has 106 valence electrons. The van der Waals surface area contributed by atoms with Crippen molar-refractivity contribution in [1.29, 1.82) is 0 Å². The summed E-state index contributed by atoms with van der Waals surface area (Å²) in [5, 5.41) is 8.95. The summed E-state index contributed by atoms with van der Waals surface area (Å²) in [5.41, 5.74) is 3.69. The molecule has 1 fully saturated rings. The molecule has 0 aliphatic carbocycles. The Kier molecular flexibility index (Phi) is 4.89. The summed E-state index contributed by atoms with van der Waals surface area (Å²) in [7, 11) is 0. The molecule has 0 spiro atoms. The second-order valence-electron chi connectivity index (χ2n) is 4.57. The Morgan fingerprint density at radius 2 is 2.05 bits per heavy atom. The van der Waals surface area contributed by atoms with Crippen molar-refractivity contribution in [2.75, 3.05) is 49.7 Å². The molecule has 1 aromatic heterocycles. The first kappa shape index (κ1) is 14.0. The van der Waals surface area contributed by atoms with E-state index in [1.807, 2.05) is 0 Å². The highest BCUT2D eigenvalue weighted by molar-refractivity contribution is 5.58. The molecular weight excluding hydrogens is 244 g/mol. The molecule has 1 aliphatic heterocycles. The van der Waals surface area contributed by atoms with Crippen LogP contribution in [-0.2, 0) is 6.42 Å². The lowest BCUT2D eigenvalue weighted by atomic mass is 10.2. The minimum atomic E-state index is 0.217. The molecule has 2 rings (SSSR count). The van der Waals surface area contributed by atoms with Gasteiger partial charge in [0.05, 0.1) is 6.61 Å². The molecule has 0 saturated carbocycles. The van der Waals surface area contributed by atoms with Crippen molar-refractivity contribution in [2.45, 2.75) is 13.3 Å². The van der Waals surface area contributed by atoms with Gasteiger partial charge >= 0.3 is 0 Å². The number of nitrogens with two attached hydrogens (primary N) is 1. The van der Waals surface area contributed by atoms with Gasteiger partial charge in [0.2, 0.25) is 0 Å². The Morgan fingerprint density at radius 1 is 1.32 bits per heavy atom. The van der Waals surface area contributed by atoms with Crippen molar-refractivity contribution in [3.63, 3.8) is 0 Å². The van der Waals surface area contributed by atoms with Crippen LogP contribution in [0.1, 0.15) is 12.5 Å². The molecule has 1 aromatic rings. The second-order valence-corrected chi connectivity index (χ2v) is 4.57. The maximum atomic E-state index is 8.95. The highest BCUT2D eigenvalue weighted by atomic mass is 16.3. The van der Waals surface area contributed by atoms with Crippen LogP contribution in [-0.4, -0.2) is 59.3 Å². The summed E-state index contributed by atoms with van der Waals surface area (Å²) in [4.78, 5) is 13.1. The summed E-state index contributed by atoms with van der Waals surface area (Å²) in [6.07, 6.45) is 2.39. The largest absolute Gasteiger partial charge is 0.395 e. The van der Waals surface area contributed by atoms with E-state index in [1.54, 1.807) is 6.33 Å². The van der Waals surface area contributed by atoms with Crippen LogP contribution in [0.15, 0.2) is 6.33 Å². The number of hydrogen-bond acceptors (Lipinski definition) is 7. The van der Waals surface area contributed by atoms with Gasteiger partial charge in [-0.05, 0) is 6.42 Å². The number of nitrogens with one attached hydrogen (secondary N) is 1. The molecule has 2 heterocycles. The van der Waals surface area contributed by atoms with Crippen molar-refractivity contribution in [2.24, 2.45) is 5.84 Å². The molecule has 4 N–H and O–H groups in total. The van der Waals surface area contributed by atoms with E-state index in [4.69, 9.17) is 10.9 Å². The Hall–Kier alpha value is -1.44. The topological polar surface area (TPSA) is 90.5 Å². The van der Waals surface area contributed by atoms with Gasteiger partial charge in [0.25, 0.3) is 0 Å². The fourth-order valence-electron chi connectivity index (χ4n) is 2.45. The minimum absolute atomic E-state index is 0.217. The summed E-state index contributed by atoms with van der Waals surface area (Å²) >= 11 is 0. The van der Waals surface area contributed by atoms with E-state index in [-0.39, 0.29) is 6.61 Å². The second kappa shape index (κ2) is 6.65. The summed E-state index contributed by atoms with van der Waals surface area (Å²) in [5.74, 6) is 7.16. The van der Waals surface area contributed by atoms with Crippen LogP contribution in [0.4, 0.5) is 11.6 Å². The fourth-order valence-corrected chi connectivity index (χ4v) is 2.45. The van der Waals surface area contributed by atoms with E-state index in [9.17, 15) is 0 Å². The van der Waals surface area contributed by atoms with Crippen LogP contribution in [0.25, 0.3) is 0 Å². The number of rotatable bonds is 5. The lowest BCUT2D eigenvalue weighted by molar-refractivity contribution is 0.188. The molecule has 1 saturated heterocycles. The van der Waals surface area contributed by atoms with Gasteiger partial charge in [-0.15, -0.1) is 0 Å². The average molecular weight is 266 g/mol. The zero-order valence-electron chi connectivity index (χ0n) is 11.3. The first-order valence-electron chi connectivity index (χ1n) is 6.68. The third kappa shape index (κ3) is 3.12. The predicted molar refractivity (Wildman–Crippen MR) is 75.0 cm³/mol.